The summed E-state index contributed by atoms with van der Waals surface area (Å²) in [5.41, 5.74) is -0.712. The molecular formula is C9H12F2O. The van der Waals surface area contributed by atoms with E-state index in [1.54, 1.807) is 6.92 Å². The number of alkyl halides is 2. The first-order chi connectivity index (χ1) is 5.36. The van der Waals surface area contributed by atoms with Crippen LogP contribution in [0.2, 0.25) is 0 Å². The molecule has 0 aromatic heterocycles. The molecule has 0 aliphatic heterocycles. The summed E-state index contributed by atoms with van der Waals surface area (Å²) < 4.78 is 25.2. The highest BCUT2D eigenvalue weighted by molar-refractivity contribution is 5.24. The van der Waals surface area contributed by atoms with Crippen LogP contribution in [0.25, 0.3) is 0 Å². The summed E-state index contributed by atoms with van der Waals surface area (Å²) in [6.07, 6.45) is 1.63. The van der Waals surface area contributed by atoms with Gasteiger partial charge in [-0.1, -0.05) is 6.58 Å². The summed E-state index contributed by atoms with van der Waals surface area (Å²) in [5.74, 6) is -2.76. The van der Waals surface area contributed by atoms with Gasteiger partial charge in [-0.25, -0.2) is 8.78 Å². The fraction of sp³-hybridized carbons (Fsp3) is 0.556. The maximum Gasteiger partial charge on any atom is 0.266 e. The standard InChI is InChI=1S/C9H12F2O/c1-7(2)8(12)3-5-9(10,11)6-4-8/h3,5,12H,1,4,6H2,2H3. The highest BCUT2D eigenvalue weighted by Gasteiger charge is 2.37. The summed E-state index contributed by atoms with van der Waals surface area (Å²) >= 11 is 0. The van der Waals surface area contributed by atoms with Gasteiger partial charge in [-0.3, -0.25) is 0 Å². The van der Waals surface area contributed by atoms with Gasteiger partial charge in [0.25, 0.3) is 5.92 Å². The third-order valence-electron chi connectivity index (χ3n) is 2.18. The Morgan fingerprint density at radius 3 is 2.33 bits per heavy atom. The zero-order valence-corrected chi connectivity index (χ0v) is 6.98. The van der Waals surface area contributed by atoms with Gasteiger partial charge in [0.2, 0.25) is 0 Å². The van der Waals surface area contributed by atoms with Crippen LogP contribution in [0.3, 0.4) is 0 Å². The summed E-state index contributed by atoms with van der Waals surface area (Å²) in [4.78, 5) is 0. The van der Waals surface area contributed by atoms with Crippen molar-refractivity contribution in [2.24, 2.45) is 0 Å². The molecule has 1 atom stereocenters. The molecule has 0 radical (unpaired) electrons. The number of halogens is 2. The molecule has 0 fully saturated rings. The molecule has 0 bridgehead atoms. The molecule has 1 rings (SSSR count). The second kappa shape index (κ2) is 2.66. The van der Waals surface area contributed by atoms with Crippen molar-refractivity contribution in [1.29, 1.82) is 0 Å². The minimum Gasteiger partial charge on any atom is -0.381 e. The molecule has 12 heavy (non-hydrogen) atoms. The molecule has 1 unspecified atom stereocenters. The molecular weight excluding hydrogens is 162 g/mol. The fourth-order valence-electron chi connectivity index (χ4n) is 1.14. The van der Waals surface area contributed by atoms with Crippen molar-refractivity contribution >= 4 is 0 Å². The highest BCUT2D eigenvalue weighted by Crippen LogP contribution is 2.35. The normalized spacial score (nSPS) is 33.3. The lowest BCUT2D eigenvalue weighted by Gasteiger charge is -2.31. The zero-order valence-electron chi connectivity index (χ0n) is 6.98. The lowest BCUT2D eigenvalue weighted by Crippen LogP contribution is -2.34. The molecule has 1 N–H and O–H groups in total. The van der Waals surface area contributed by atoms with Crippen LogP contribution >= 0.6 is 0 Å². The van der Waals surface area contributed by atoms with E-state index in [2.05, 4.69) is 6.58 Å². The molecule has 0 saturated carbocycles. The van der Waals surface area contributed by atoms with Crippen LogP contribution in [0.4, 0.5) is 8.78 Å². The second-order valence-electron chi connectivity index (χ2n) is 3.30. The Balaban J connectivity index is 2.84. The highest BCUT2D eigenvalue weighted by atomic mass is 19.3. The Kier molecular flexibility index (Phi) is 2.08. The third kappa shape index (κ3) is 1.72. The molecule has 0 spiro atoms. The molecule has 1 aliphatic carbocycles. The average Bonchev–Trinajstić information content (AvgIpc) is 1.96. The van der Waals surface area contributed by atoms with E-state index in [1.165, 1.54) is 0 Å². The minimum atomic E-state index is -2.76. The van der Waals surface area contributed by atoms with Crippen molar-refractivity contribution in [1.82, 2.24) is 0 Å². The number of allylic oxidation sites excluding steroid dienone is 1. The first-order valence-corrected chi connectivity index (χ1v) is 3.82. The Bertz CT molecular complexity index is 233. The molecule has 0 aromatic rings. The summed E-state index contributed by atoms with van der Waals surface area (Å²) in [7, 11) is 0. The first-order valence-electron chi connectivity index (χ1n) is 3.82. The van der Waals surface area contributed by atoms with Crippen LogP contribution in [0.1, 0.15) is 19.8 Å². The predicted molar refractivity (Wildman–Crippen MR) is 43.1 cm³/mol. The van der Waals surface area contributed by atoms with Gasteiger partial charge in [-0.15, -0.1) is 0 Å². The van der Waals surface area contributed by atoms with Gasteiger partial charge in [0.1, 0.15) is 5.60 Å². The van der Waals surface area contributed by atoms with Crippen LogP contribution in [0.15, 0.2) is 24.3 Å². The quantitative estimate of drug-likeness (QED) is 0.604. The summed E-state index contributed by atoms with van der Waals surface area (Å²) in [6, 6.07) is 0. The van der Waals surface area contributed by atoms with Crippen molar-refractivity contribution in [2.75, 3.05) is 0 Å². The maximum atomic E-state index is 12.6. The lowest BCUT2D eigenvalue weighted by molar-refractivity contribution is 0.00134. The van der Waals surface area contributed by atoms with E-state index in [-0.39, 0.29) is 12.8 Å². The fourth-order valence-corrected chi connectivity index (χ4v) is 1.14. The van der Waals surface area contributed by atoms with Crippen molar-refractivity contribution in [3.05, 3.63) is 24.3 Å². The van der Waals surface area contributed by atoms with Crippen molar-refractivity contribution < 1.29 is 13.9 Å². The Labute approximate surface area is 70.4 Å². The zero-order chi connectivity index (χ0) is 9.41. The van der Waals surface area contributed by atoms with E-state index in [0.717, 1.165) is 12.2 Å². The van der Waals surface area contributed by atoms with E-state index < -0.39 is 11.5 Å². The second-order valence-corrected chi connectivity index (χ2v) is 3.30. The van der Waals surface area contributed by atoms with Crippen LogP contribution in [-0.4, -0.2) is 16.6 Å². The molecule has 3 heteroatoms. The van der Waals surface area contributed by atoms with Crippen molar-refractivity contribution in [3.8, 4) is 0 Å². The van der Waals surface area contributed by atoms with E-state index >= 15 is 0 Å². The molecule has 68 valence electrons. The Morgan fingerprint density at radius 2 is 2.00 bits per heavy atom. The topological polar surface area (TPSA) is 20.2 Å². The molecule has 0 aromatic carbocycles. The minimum absolute atomic E-state index is 0.0475. The van der Waals surface area contributed by atoms with E-state index in [1.807, 2.05) is 0 Å². The third-order valence-corrected chi connectivity index (χ3v) is 2.18. The van der Waals surface area contributed by atoms with Gasteiger partial charge < -0.3 is 5.11 Å². The summed E-state index contributed by atoms with van der Waals surface area (Å²) in [6.45, 7) is 5.18. The molecule has 0 saturated heterocycles. The number of rotatable bonds is 1. The number of hydrogen-bond acceptors (Lipinski definition) is 1. The first kappa shape index (κ1) is 9.39. The Morgan fingerprint density at radius 1 is 1.42 bits per heavy atom. The summed E-state index contributed by atoms with van der Waals surface area (Å²) in [5, 5.41) is 9.66. The number of hydrogen-bond donors (Lipinski definition) is 1. The lowest BCUT2D eigenvalue weighted by atomic mass is 9.84. The van der Waals surface area contributed by atoms with Crippen molar-refractivity contribution in [2.45, 2.75) is 31.3 Å². The van der Waals surface area contributed by atoms with E-state index in [9.17, 15) is 13.9 Å². The van der Waals surface area contributed by atoms with Crippen molar-refractivity contribution in [3.63, 3.8) is 0 Å². The van der Waals surface area contributed by atoms with Crippen LogP contribution in [-0.2, 0) is 0 Å². The van der Waals surface area contributed by atoms with Gasteiger partial charge >= 0.3 is 0 Å². The largest absolute Gasteiger partial charge is 0.381 e. The molecule has 1 aliphatic rings. The predicted octanol–water partition coefficient (Wildman–Crippen LogP) is 2.28. The monoisotopic (exact) mass is 174 g/mol. The van der Waals surface area contributed by atoms with Crippen LogP contribution in [0, 0.1) is 0 Å². The Hall–Kier alpha value is -0.700. The average molecular weight is 174 g/mol. The smallest absolute Gasteiger partial charge is 0.266 e. The molecule has 1 nitrogen and oxygen atoms in total. The van der Waals surface area contributed by atoms with E-state index in [0.29, 0.717) is 5.57 Å². The van der Waals surface area contributed by atoms with Crippen LogP contribution in [0.5, 0.6) is 0 Å². The van der Waals surface area contributed by atoms with Crippen LogP contribution < -0.4 is 0 Å². The van der Waals surface area contributed by atoms with Gasteiger partial charge in [0.05, 0.1) is 0 Å². The molecule has 0 heterocycles. The molecule has 0 amide bonds. The number of aliphatic hydroxyl groups is 1. The van der Waals surface area contributed by atoms with E-state index in [4.69, 9.17) is 0 Å². The van der Waals surface area contributed by atoms with Gasteiger partial charge in [0, 0.05) is 6.42 Å². The maximum absolute atomic E-state index is 12.6. The van der Waals surface area contributed by atoms with Gasteiger partial charge in [-0.05, 0) is 31.1 Å². The van der Waals surface area contributed by atoms with Gasteiger partial charge in [0.15, 0.2) is 0 Å². The SMILES string of the molecule is C=C(C)C1(O)C=CC(F)(F)CC1. The van der Waals surface area contributed by atoms with Gasteiger partial charge in [-0.2, -0.15) is 0 Å².